The van der Waals surface area contributed by atoms with Crippen LogP contribution in [-0.2, 0) is 6.54 Å². The summed E-state index contributed by atoms with van der Waals surface area (Å²) in [5.41, 5.74) is 5.74. The maximum absolute atomic E-state index is 5.74. The lowest BCUT2D eigenvalue weighted by molar-refractivity contribution is 0.480. The van der Waals surface area contributed by atoms with Crippen LogP contribution >= 0.6 is 27.3 Å². The summed E-state index contributed by atoms with van der Waals surface area (Å²) in [6.45, 7) is 5.02. The molecule has 74 valence electrons. The lowest BCUT2D eigenvalue weighted by Crippen LogP contribution is -2.40. The molecule has 1 rings (SSSR count). The second-order valence-corrected chi connectivity index (χ2v) is 5.17. The molecular weight excluding hydrogens is 248 g/mol. The number of nitrogens with two attached hydrogens (primary N) is 1. The number of hydrogen-bond donors (Lipinski definition) is 2. The molecule has 0 aliphatic heterocycles. The average Bonchev–Trinajstić information content (AvgIpc) is 2.47. The predicted octanol–water partition coefficient (Wildman–Crippen LogP) is 2.34. The summed E-state index contributed by atoms with van der Waals surface area (Å²) < 4.78 is 1.16. The Hall–Kier alpha value is 0.1000. The number of hydrogen-bond acceptors (Lipinski definition) is 3. The van der Waals surface area contributed by atoms with Crippen molar-refractivity contribution in [2.75, 3.05) is 0 Å². The molecule has 0 aliphatic rings. The van der Waals surface area contributed by atoms with Gasteiger partial charge in [0.15, 0.2) is 0 Å². The zero-order valence-corrected chi connectivity index (χ0v) is 10.3. The molecule has 1 aromatic rings. The van der Waals surface area contributed by atoms with Gasteiger partial charge in [0.2, 0.25) is 0 Å². The van der Waals surface area contributed by atoms with E-state index < -0.39 is 0 Å². The highest BCUT2D eigenvalue weighted by atomic mass is 79.9. The predicted molar refractivity (Wildman–Crippen MR) is 62.0 cm³/mol. The van der Waals surface area contributed by atoms with Gasteiger partial charge in [0, 0.05) is 33.4 Å². The van der Waals surface area contributed by atoms with E-state index in [2.05, 4.69) is 39.6 Å². The summed E-state index contributed by atoms with van der Waals surface area (Å²) in [6.07, 6.45) is 0. The molecule has 2 atom stereocenters. The van der Waals surface area contributed by atoms with Crippen molar-refractivity contribution < 1.29 is 0 Å². The summed E-state index contributed by atoms with van der Waals surface area (Å²) in [4.78, 5) is 1.33. The number of thiophene rings is 1. The summed E-state index contributed by atoms with van der Waals surface area (Å²) in [5.74, 6) is 0. The van der Waals surface area contributed by atoms with Crippen molar-refractivity contribution in [2.24, 2.45) is 5.73 Å². The SMILES string of the molecule is CC(N)C(C)NCc1cc(Br)cs1. The molecule has 1 heterocycles. The molecule has 0 bridgehead atoms. The van der Waals surface area contributed by atoms with Crippen LogP contribution < -0.4 is 11.1 Å². The largest absolute Gasteiger partial charge is 0.327 e. The van der Waals surface area contributed by atoms with Crippen LogP contribution in [0.3, 0.4) is 0 Å². The van der Waals surface area contributed by atoms with Crippen LogP contribution in [0, 0.1) is 0 Å². The molecule has 13 heavy (non-hydrogen) atoms. The summed E-state index contributed by atoms with van der Waals surface area (Å²) in [6, 6.07) is 2.69. The first-order chi connectivity index (χ1) is 6.09. The molecule has 0 saturated carbocycles. The zero-order valence-electron chi connectivity index (χ0n) is 7.88. The molecule has 2 nitrogen and oxygen atoms in total. The molecule has 0 saturated heterocycles. The third kappa shape index (κ3) is 3.77. The van der Waals surface area contributed by atoms with Gasteiger partial charge in [0.25, 0.3) is 0 Å². The minimum absolute atomic E-state index is 0.198. The van der Waals surface area contributed by atoms with Crippen molar-refractivity contribution in [3.8, 4) is 0 Å². The van der Waals surface area contributed by atoms with Crippen LogP contribution in [0.15, 0.2) is 15.9 Å². The van der Waals surface area contributed by atoms with Crippen LogP contribution in [0.1, 0.15) is 18.7 Å². The monoisotopic (exact) mass is 262 g/mol. The van der Waals surface area contributed by atoms with E-state index in [9.17, 15) is 0 Å². The van der Waals surface area contributed by atoms with E-state index in [1.807, 2.05) is 6.92 Å². The molecular formula is C9H15BrN2S. The van der Waals surface area contributed by atoms with Gasteiger partial charge in [-0.2, -0.15) is 0 Å². The van der Waals surface area contributed by atoms with Gasteiger partial charge in [0.05, 0.1) is 0 Å². The van der Waals surface area contributed by atoms with Crippen LogP contribution in [0.25, 0.3) is 0 Å². The second kappa shape index (κ2) is 5.10. The normalized spacial score (nSPS) is 15.7. The van der Waals surface area contributed by atoms with E-state index >= 15 is 0 Å². The summed E-state index contributed by atoms with van der Waals surface area (Å²) in [5, 5.41) is 5.47. The first-order valence-electron chi connectivity index (χ1n) is 4.31. The molecule has 0 fully saturated rings. The van der Waals surface area contributed by atoms with Crippen molar-refractivity contribution in [2.45, 2.75) is 32.5 Å². The van der Waals surface area contributed by atoms with Crippen molar-refractivity contribution in [1.29, 1.82) is 0 Å². The van der Waals surface area contributed by atoms with Gasteiger partial charge in [0.1, 0.15) is 0 Å². The molecule has 4 heteroatoms. The smallest absolute Gasteiger partial charge is 0.0303 e. The molecule has 0 radical (unpaired) electrons. The summed E-state index contributed by atoms with van der Waals surface area (Å²) in [7, 11) is 0. The maximum atomic E-state index is 5.74. The third-order valence-corrected chi connectivity index (χ3v) is 3.71. The van der Waals surface area contributed by atoms with Crippen molar-refractivity contribution >= 4 is 27.3 Å². The lowest BCUT2D eigenvalue weighted by Gasteiger charge is -2.16. The van der Waals surface area contributed by atoms with Crippen LogP contribution in [0.5, 0.6) is 0 Å². The minimum atomic E-state index is 0.198. The molecule has 2 unspecified atom stereocenters. The van der Waals surface area contributed by atoms with E-state index in [4.69, 9.17) is 5.73 Å². The molecule has 0 aromatic carbocycles. The molecule has 0 amide bonds. The van der Waals surface area contributed by atoms with E-state index in [0.717, 1.165) is 11.0 Å². The Balaban J connectivity index is 2.35. The molecule has 3 N–H and O–H groups in total. The van der Waals surface area contributed by atoms with Gasteiger partial charge >= 0.3 is 0 Å². The first kappa shape index (κ1) is 11.2. The Labute approximate surface area is 91.7 Å². The Morgan fingerprint density at radius 1 is 1.62 bits per heavy atom. The molecule has 0 aliphatic carbocycles. The van der Waals surface area contributed by atoms with Gasteiger partial charge in [-0.3, -0.25) is 0 Å². The van der Waals surface area contributed by atoms with Crippen LogP contribution in [0.4, 0.5) is 0 Å². The van der Waals surface area contributed by atoms with Crippen molar-refractivity contribution in [3.05, 3.63) is 20.8 Å². The Kier molecular flexibility index (Phi) is 4.38. The van der Waals surface area contributed by atoms with Crippen molar-refractivity contribution in [1.82, 2.24) is 5.32 Å². The highest BCUT2D eigenvalue weighted by molar-refractivity contribution is 9.10. The highest BCUT2D eigenvalue weighted by Gasteiger charge is 2.06. The second-order valence-electron chi connectivity index (χ2n) is 3.26. The summed E-state index contributed by atoms with van der Waals surface area (Å²) >= 11 is 5.18. The average molecular weight is 263 g/mol. The van der Waals surface area contributed by atoms with Crippen molar-refractivity contribution in [3.63, 3.8) is 0 Å². The minimum Gasteiger partial charge on any atom is -0.327 e. The standard InChI is InChI=1S/C9H15BrN2S/c1-6(11)7(2)12-4-9-3-8(10)5-13-9/h3,5-7,12H,4,11H2,1-2H3. The van der Waals surface area contributed by atoms with Crippen LogP contribution in [0.2, 0.25) is 0 Å². The van der Waals surface area contributed by atoms with E-state index in [-0.39, 0.29) is 6.04 Å². The van der Waals surface area contributed by atoms with Gasteiger partial charge in [-0.15, -0.1) is 11.3 Å². The van der Waals surface area contributed by atoms with Gasteiger partial charge < -0.3 is 11.1 Å². The van der Waals surface area contributed by atoms with Gasteiger partial charge in [-0.05, 0) is 35.8 Å². The van der Waals surface area contributed by atoms with E-state index in [1.165, 1.54) is 4.88 Å². The third-order valence-electron chi connectivity index (χ3n) is 2.01. The number of nitrogens with one attached hydrogen (secondary N) is 1. The number of rotatable bonds is 4. The molecule has 1 aromatic heterocycles. The van der Waals surface area contributed by atoms with Gasteiger partial charge in [-0.1, -0.05) is 0 Å². The first-order valence-corrected chi connectivity index (χ1v) is 5.98. The Morgan fingerprint density at radius 2 is 2.31 bits per heavy atom. The Morgan fingerprint density at radius 3 is 2.77 bits per heavy atom. The number of halogens is 1. The van der Waals surface area contributed by atoms with E-state index in [0.29, 0.717) is 6.04 Å². The van der Waals surface area contributed by atoms with Crippen LogP contribution in [-0.4, -0.2) is 12.1 Å². The highest BCUT2D eigenvalue weighted by Crippen LogP contribution is 2.19. The fourth-order valence-electron chi connectivity index (χ4n) is 0.894. The van der Waals surface area contributed by atoms with Gasteiger partial charge in [-0.25, -0.2) is 0 Å². The topological polar surface area (TPSA) is 38.0 Å². The quantitative estimate of drug-likeness (QED) is 0.875. The fourth-order valence-corrected chi connectivity index (χ4v) is 2.30. The van der Waals surface area contributed by atoms with E-state index in [1.54, 1.807) is 11.3 Å². The fraction of sp³-hybridized carbons (Fsp3) is 0.556. The maximum Gasteiger partial charge on any atom is 0.0303 e. The molecule has 0 spiro atoms. The zero-order chi connectivity index (χ0) is 9.84. The Bertz CT molecular complexity index is 260. The lowest BCUT2D eigenvalue weighted by atomic mass is 10.2.